The van der Waals surface area contributed by atoms with Gasteiger partial charge in [-0.3, -0.25) is 9.59 Å². The molecular formula is C12H14N2O4S. The molecule has 19 heavy (non-hydrogen) atoms. The second-order valence-electron chi connectivity index (χ2n) is 4.30. The minimum Gasteiger partial charge on any atom is -0.465 e. The van der Waals surface area contributed by atoms with E-state index in [2.05, 4.69) is 10.1 Å². The third-order valence-electron chi connectivity index (χ3n) is 2.89. The Morgan fingerprint density at radius 2 is 2.11 bits per heavy atom. The molecule has 6 nitrogen and oxygen atoms in total. The molecule has 1 atom stereocenters. The highest BCUT2D eigenvalue weighted by Crippen LogP contribution is 2.18. The Labute approximate surface area is 114 Å². The first-order valence-electron chi connectivity index (χ1n) is 5.74. The van der Waals surface area contributed by atoms with Gasteiger partial charge in [-0.2, -0.15) is 0 Å². The zero-order valence-electron chi connectivity index (χ0n) is 10.6. The Kier molecular flexibility index (Phi) is 3.84. The highest BCUT2D eigenvalue weighted by atomic mass is 32.1. The topological polar surface area (TPSA) is 75.7 Å². The van der Waals surface area contributed by atoms with Gasteiger partial charge in [0.05, 0.1) is 18.0 Å². The Balaban J connectivity index is 1.99. The highest BCUT2D eigenvalue weighted by Gasteiger charge is 2.28. The summed E-state index contributed by atoms with van der Waals surface area (Å²) in [5.74, 6) is -0.709. The van der Waals surface area contributed by atoms with Crippen LogP contribution in [0.25, 0.3) is 0 Å². The van der Waals surface area contributed by atoms with Gasteiger partial charge >= 0.3 is 5.97 Å². The Hall–Kier alpha value is -1.89. The van der Waals surface area contributed by atoms with E-state index in [0.29, 0.717) is 22.7 Å². The number of nitrogens with zero attached hydrogens (tertiary/aromatic N) is 1. The van der Waals surface area contributed by atoms with Gasteiger partial charge < -0.3 is 15.0 Å². The Morgan fingerprint density at radius 3 is 2.68 bits per heavy atom. The molecule has 102 valence electrons. The first kappa shape index (κ1) is 13.5. The highest BCUT2D eigenvalue weighted by molar-refractivity contribution is 7.15. The number of likely N-dealkylation sites (N-methyl/N-ethyl adjacent to an activating group) is 1. The van der Waals surface area contributed by atoms with Crippen LogP contribution in [0.3, 0.4) is 0 Å². The smallest absolute Gasteiger partial charge is 0.348 e. The van der Waals surface area contributed by atoms with Crippen molar-refractivity contribution in [1.29, 1.82) is 0 Å². The van der Waals surface area contributed by atoms with Crippen LogP contribution in [-0.4, -0.2) is 49.4 Å². The molecule has 1 fully saturated rings. The average Bonchev–Trinajstić information content (AvgIpc) is 2.97. The van der Waals surface area contributed by atoms with E-state index in [-0.39, 0.29) is 17.9 Å². The fourth-order valence-electron chi connectivity index (χ4n) is 1.89. The van der Waals surface area contributed by atoms with Crippen LogP contribution in [0, 0.1) is 0 Å². The SMILES string of the molecule is COC(=O)c1ccc(C(=O)NC2CC(=O)N(C)C2)s1. The van der Waals surface area contributed by atoms with Crippen LogP contribution in [0.1, 0.15) is 25.8 Å². The van der Waals surface area contributed by atoms with Crippen LogP contribution < -0.4 is 5.32 Å². The van der Waals surface area contributed by atoms with Crippen molar-refractivity contribution in [3.05, 3.63) is 21.9 Å². The van der Waals surface area contributed by atoms with Crippen LogP contribution in [0.15, 0.2) is 12.1 Å². The predicted octanol–water partition coefficient (Wildman–Crippen LogP) is 0.495. The number of hydrogen-bond donors (Lipinski definition) is 1. The molecule has 2 amide bonds. The normalized spacial score (nSPS) is 18.5. The molecule has 1 aliphatic heterocycles. The van der Waals surface area contributed by atoms with E-state index in [1.807, 2.05) is 0 Å². The lowest BCUT2D eigenvalue weighted by Crippen LogP contribution is -2.36. The lowest BCUT2D eigenvalue weighted by Gasteiger charge is -2.11. The minimum absolute atomic E-state index is 0.0201. The first-order valence-corrected chi connectivity index (χ1v) is 6.56. The van der Waals surface area contributed by atoms with Gasteiger partial charge in [0.15, 0.2) is 0 Å². The lowest BCUT2D eigenvalue weighted by molar-refractivity contribution is -0.126. The maximum atomic E-state index is 12.0. The predicted molar refractivity (Wildman–Crippen MR) is 69.2 cm³/mol. The molecule has 0 spiro atoms. The quantitative estimate of drug-likeness (QED) is 0.819. The summed E-state index contributed by atoms with van der Waals surface area (Å²) in [7, 11) is 3.00. The van der Waals surface area contributed by atoms with Crippen LogP contribution in [0.4, 0.5) is 0 Å². The molecule has 1 unspecified atom stereocenters. The van der Waals surface area contributed by atoms with E-state index >= 15 is 0 Å². The summed E-state index contributed by atoms with van der Waals surface area (Å²) in [6, 6.07) is 2.96. The minimum atomic E-state index is -0.458. The van der Waals surface area contributed by atoms with Crippen molar-refractivity contribution in [1.82, 2.24) is 10.2 Å². The summed E-state index contributed by atoms with van der Waals surface area (Å²) < 4.78 is 4.58. The number of carbonyl (C=O) groups is 3. The molecule has 1 saturated heterocycles. The maximum absolute atomic E-state index is 12.0. The summed E-state index contributed by atoms with van der Waals surface area (Å²) >= 11 is 1.07. The van der Waals surface area contributed by atoms with Gasteiger partial charge in [-0.25, -0.2) is 4.79 Å². The third-order valence-corrected chi connectivity index (χ3v) is 3.96. The molecule has 2 heterocycles. The fraction of sp³-hybridized carbons (Fsp3) is 0.417. The van der Waals surface area contributed by atoms with Gasteiger partial charge in [-0.1, -0.05) is 0 Å². The molecule has 1 N–H and O–H groups in total. The van der Waals surface area contributed by atoms with E-state index < -0.39 is 5.97 Å². The molecule has 1 aliphatic rings. The van der Waals surface area contributed by atoms with Crippen molar-refractivity contribution in [2.24, 2.45) is 0 Å². The zero-order valence-corrected chi connectivity index (χ0v) is 11.5. The van der Waals surface area contributed by atoms with Gasteiger partial charge in [0.2, 0.25) is 5.91 Å². The second kappa shape index (κ2) is 5.40. The van der Waals surface area contributed by atoms with E-state index in [1.54, 1.807) is 24.1 Å². The number of esters is 1. The van der Waals surface area contributed by atoms with Crippen molar-refractivity contribution in [3.8, 4) is 0 Å². The monoisotopic (exact) mass is 282 g/mol. The van der Waals surface area contributed by atoms with E-state index in [0.717, 1.165) is 11.3 Å². The number of hydrogen-bond acceptors (Lipinski definition) is 5. The fourth-order valence-corrected chi connectivity index (χ4v) is 2.71. The molecule has 1 aromatic heterocycles. The summed E-state index contributed by atoms with van der Waals surface area (Å²) in [5, 5.41) is 2.78. The van der Waals surface area contributed by atoms with Crippen LogP contribution >= 0.6 is 11.3 Å². The van der Waals surface area contributed by atoms with Crippen molar-refractivity contribution in [3.63, 3.8) is 0 Å². The number of thiophene rings is 1. The van der Waals surface area contributed by atoms with Crippen molar-refractivity contribution < 1.29 is 19.1 Å². The lowest BCUT2D eigenvalue weighted by atomic mass is 10.2. The molecule has 7 heteroatoms. The molecule has 0 aromatic carbocycles. The van der Waals surface area contributed by atoms with Crippen LogP contribution in [0.2, 0.25) is 0 Å². The summed E-state index contributed by atoms with van der Waals surface area (Å²) in [6.07, 6.45) is 0.317. The van der Waals surface area contributed by atoms with Crippen LogP contribution in [-0.2, 0) is 9.53 Å². The number of ether oxygens (including phenoxy) is 1. The van der Waals surface area contributed by atoms with E-state index in [9.17, 15) is 14.4 Å². The van der Waals surface area contributed by atoms with Crippen molar-refractivity contribution >= 4 is 29.1 Å². The zero-order chi connectivity index (χ0) is 14.0. The summed E-state index contributed by atoms with van der Waals surface area (Å²) in [5.41, 5.74) is 0. The van der Waals surface area contributed by atoms with Gasteiger partial charge in [0.1, 0.15) is 4.88 Å². The van der Waals surface area contributed by atoms with Crippen LogP contribution in [0.5, 0.6) is 0 Å². The number of likely N-dealkylation sites (tertiary alicyclic amines) is 1. The van der Waals surface area contributed by atoms with Crippen molar-refractivity contribution in [2.45, 2.75) is 12.5 Å². The molecule has 0 saturated carbocycles. The Morgan fingerprint density at radius 1 is 1.42 bits per heavy atom. The van der Waals surface area contributed by atoms with Gasteiger partial charge in [-0.15, -0.1) is 11.3 Å². The summed E-state index contributed by atoms with van der Waals surface area (Å²) in [6.45, 7) is 0.514. The average molecular weight is 282 g/mol. The van der Waals surface area contributed by atoms with Gasteiger partial charge in [-0.05, 0) is 12.1 Å². The first-order chi connectivity index (χ1) is 9.01. The summed E-state index contributed by atoms with van der Waals surface area (Å²) in [4.78, 5) is 37.0. The number of methoxy groups -OCH3 is 1. The number of nitrogens with one attached hydrogen (secondary N) is 1. The molecule has 2 rings (SSSR count). The molecular weight excluding hydrogens is 268 g/mol. The number of amides is 2. The van der Waals surface area contributed by atoms with E-state index in [4.69, 9.17) is 0 Å². The molecule has 0 aliphatic carbocycles. The Bertz CT molecular complexity index is 526. The molecule has 0 radical (unpaired) electrons. The van der Waals surface area contributed by atoms with E-state index in [1.165, 1.54) is 7.11 Å². The third kappa shape index (κ3) is 2.93. The van der Waals surface area contributed by atoms with Gasteiger partial charge in [0.25, 0.3) is 5.91 Å². The molecule has 0 bridgehead atoms. The number of rotatable bonds is 3. The maximum Gasteiger partial charge on any atom is 0.348 e. The largest absolute Gasteiger partial charge is 0.465 e. The van der Waals surface area contributed by atoms with Gasteiger partial charge in [0, 0.05) is 20.0 Å². The second-order valence-corrected chi connectivity index (χ2v) is 5.39. The molecule has 1 aromatic rings. The number of carbonyl (C=O) groups excluding carboxylic acids is 3. The standard InChI is InChI=1S/C12H14N2O4S/c1-14-6-7(5-10(14)15)13-11(16)8-3-4-9(19-8)12(17)18-2/h3-4,7H,5-6H2,1-2H3,(H,13,16). The van der Waals surface area contributed by atoms with Crippen molar-refractivity contribution in [2.75, 3.05) is 20.7 Å².